The molecule has 0 saturated heterocycles. The summed E-state index contributed by atoms with van der Waals surface area (Å²) < 4.78 is 38.2. The third-order valence-corrected chi connectivity index (χ3v) is 2.29. The van der Waals surface area contributed by atoms with Gasteiger partial charge in [0.1, 0.15) is 0 Å². The predicted molar refractivity (Wildman–Crippen MR) is 56.9 cm³/mol. The van der Waals surface area contributed by atoms with Gasteiger partial charge in [-0.3, -0.25) is 0 Å². The SMILES string of the molecule is CC(C)Cc1ccc(C(=O)O)cc1C(F)(F)F. The molecule has 0 spiro atoms. The Hall–Kier alpha value is -1.52. The van der Waals surface area contributed by atoms with E-state index in [1.165, 1.54) is 12.1 Å². The predicted octanol–water partition coefficient (Wildman–Crippen LogP) is 3.60. The Labute approximate surface area is 97.1 Å². The van der Waals surface area contributed by atoms with E-state index in [2.05, 4.69) is 0 Å². The number of alkyl halides is 3. The van der Waals surface area contributed by atoms with Crippen molar-refractivity contribution >= 4 is 5.97 Å². The molecule has 0 aliphatic carbocycles. The summed E-state index contributed by atoms with van der Waals surface area (Å²) in [7, 11) is 0. The molecule has 2 nitrogen and oxygen atoms in total. The fourth-order valence-electron chi connectivity index (χ4n) is 1.59. The van der Waals surface area contributed by atoms with E-state index in [9.17, 15) is 18.0 Å². The summed E-state index contributed by atoms with van der Waals surface area (Å²) in [5, 5.41) is 8.68. The summed E-state index contributed by atoms with van der Waals surface area (Å²) in [5.41, 5.74) is -1.06. The van der Waals surface area contributed by atoms with Gasteiger partial charge in [0.25, 0.3) is 0 Å². The molecule has 0 unspecified atom stereocenters. The minimum Gasteiger partial charge on any atom is -0.478 e. The van der Waals surface area contributed by atoms with Gasteiger partial charge < -0.3 is 5.11 Å². The maximum absolute atomic E-state index is 12.7. The van der Waals surface area contributed by atoms with E-state index in [0.29, 0.717) is 6.07 Å². The molecule has 0 amide bonds. The van der Waals surface area contributed by atoms with Crippen molar-refractivity contribution in [1.29, 1.82) is 0 Å². The molecule has 0 aromatic heterocycles. The van der Waals surface area contributed by atoms with Crippen LogP contribution in [0.5, 0.6) is 0 Å². The number of aromatic carboxylic acids is 1. The van der Waals surface area contributed by atoms with Crippen LogP contribution in [0, 0.1) is 5.92 Å². The van der Waals surface area contributed by atoms with E-state index in [1.807, 2.05) is 13.8 Å². The first-order chi connectivity index (χ1) is 7.71. The molecule has 5 heteroatoms. The number of halogens is 3. The van der Waals surface area contributed by atoms with E-state index >= 15 is 0 Å². The zero-order valence-corrected chi connectivity index (χ0v) is 9.51. The summed E-state index contributed by atoms with van der Waals surface area (Å²) in [5.74, 6) is -1.28. The molecule has 1 aromatic carbocycles. The zero-order valence-electron chi connectivity index (χ0n) is 9.51. The summed E-state index contributed by atoms with van der Waals surface area (Å²) in [6.07, 6.45) is -4.25. The highest BCUT2D eigenvalue weighted by molar-refractivity contribution is 5.88. The minimum absolute atomic E-state index is 0.0757. The number of carboxylic acids is 1. The summed E-state index contributed by atoms with van der Waals surface area (Å²) in [4.78, 5) is 10.6. The van der Waals surface area contributed by atoms with Gasteiger partial charge >= 0.3 is 12.1 Å². The van der Waals surface area contributed by atoms with Gasteiger partial charge in [0.15, 0.2) is 0 Å². The molecular weight excluding hydrogens is 233 g/mol. The van der Waals surface area contributed by atoms with E-state index < -0.39 is 17.7 Å². The van der Waals surface area contributed by atoms with Gasteiger partial charge in [0.2, 0.25) is 0 Å². The fourth-order valence-corrected chi connectivity index (χ4v) is 1.59. The second kappa shape index (κ2) is 4.77. The van der Waals surface area contributed by atoms with Crippen LogP contribution in [0.4, 0.5) is 13.2 Å². The second-order valence-corrected chi connectivity index (χ2v) is 4.27. The Kier molecular flexibility index (Phi) is 3.80. The van der Waals surface area contributed by atoms with Gasteiger partial charge in [-0.2, -0.15) is 13.2 Å². The molecule has 0 fully saturated rings. The lowest BCUT2D eigenvalue weighted by molar-refractivity contribution is -0.138. The topological polar surface area (TPSA) is 37.3 Å². The maximum atomic E-state index is 12.7. The van der Waals surface area contributed by atoms with Crippen LogP contribution in [-0.2, 0) is 12.6 Å². The normalized spacial score (nSPS) is 11.9. The Morgan fingerprint density at radius 2 is 1.94 bits per heavy atom. The van der Waals surface area contributed by atoms with Gasteiger partial charge in [-0.05, 0) is 30.0 Å². The Bertz CT molecular complexity index is 422. The van der Waals surface area contributed by atoms with Crippen molar-refractivity contribution in [2.24, 2.45) is 5.92 Å². The lowest BCUT2D eigenvalue weighted by atomic mass is 9.96. The van der Waals surface area contributed by atoms with Crippen molar-refractivity contribution in [1.82, 2.24) is 0 Å². The highest BCUT2D eigenvalue weighted by Gasteiger charge is 2.34. The number of carbonyl (C=O) groups is 1. The Balaban J connectivity index is 3.27. The van der Waals surface area contributed by atoms with Crippen molar-refractivity contribution < 1.29 is 23.1 Å². The van der Waals surface area contributed by atoms with Gasteiger partial charge in [-0.15, -0.1) is 0 Å². The zero-order chi connectivity index (χ0) is 13.2. The van der Waals surface area contributed by atoms with Crippen molar-refractivity contribution in [2.45, 2.75) is 26.4 Å². The molecule has 0 radical (unpaired) electrons. The minimum atomic E-state index is -4.52. The number of rotatable bonds is 3. The van der Waals surface area contributed by atoms with Gasteiger partial charge in [-0.25, -0.2) is 4.79 Å². The average molecular weight is 246 g/mol. The first-order valence-electron chi connectivity index (χ1n) is 5.15. The fraction of sp³-hybridized carbons (Fsp3) is 0.417. The highest BCUT2D eigenvalue weighted by Crippen LogP contribution is 2.33. The van der Waals surface area contributed by atoms with Crippen LogP contribution in [0.2, 0.25) is 0 Å². The highest BCUT2D eigenvalue weighted by atomic mass is 19.4. The van der Waals surface area contributed by atoms with Crippen LogP contribution in [0.25, 0.3) is 0 Å². The number of hydrogen-bond acceptors (Lipinski definition) is 1. The third kappa shape index (κ3) is 3.47. The first-order valence-corrected chi connectivity index (χ1v) is 5.15. The maximum Gasteiger partial charge on any atom is 0.416 e. The van der Waals surface area contributed by atoms with Gasteiger partial charge in [0, 0.05) is 0 Å². The van der Waals surface area contributed by atoms with Crippen molar-refractivity contribution in [3.8, 4) is 0 Å². The monoisotopic (exact) mass is 246 g/mol. The molecule has 1 N–H and O–H groups in total. The van der Waals surface area contributed by atoms with Crippen molar-refractivity contribution in [3.63, 3.8) is 0 Å². The molecule has 0 atom stereocenters. The number of carboxylic acid groups (broad SMARTS) is 1. The van der Waals surface area contributed by atoms with Crippen LogP contribution in [-0.4, -0.2) is 11.1 Å². The molecule has 94 valence electrons. The van der Waals surface area contributed by atoms with Gasteiger partial charge in [-0.1, -0.05) is 19.9 Å². The number of benzene rings is 1. The van der Waals surface area contributed by atoms with E-state index in [0.717, 1.165) is 0 Å². The first kappa shape index (κ1) is 13.5. The Morgan fingerprint density at radius 1 is 1.35 bits per heavy atom. The van der Waals surface area contributed by atoms with Crippen molar-refractivity contribution in [2.75, 3.05) is 0 Å². The van der Waals surface area contributed by atoms with E-state index in [1.54, 1.807) is 0 Å². The third-order valence-electron chi connectivity index (χ3n) is 2.29. The molecule has 0 aliphatic rings. The second-order valence-electron chi connectivity index (χ2n) is 4.27. The van der Waals surface area contributed by atoms with Crippen LogP contribution >= 0.6 is 0 Å². The van der Waals surface area contributed by atoms with Crippen LogP contribution in [0.15, 0.2) is 18.2 Å². The summed E-state index contributed by atoms with van der Waals surface area (Å²) in [6, 6.07) is 3.14. The largest absolute Gasteiger partial charge is 0.478 e. The Morgan fingerprint density at radius 3 is 2.35 bits per heavy atom. The summed E-state index contributed by atoms with van der Waals surface area (Å²) in [6.45, 7) is 3.62. The molecular formula is C12H13F3O2. The van der Waals surface area contributed by atoms with E-state index in [-0.39, 0.29) is 23.5 Å². The molecule has 17 heavy (non-hydrogen) atoms. The van der Waals surface area contributed by atoms with Crippen LogP contribution < -0.4 is 0 Å². The van der Waals surface area contributed by atoms with Crippen LogP contribution in [0.3, 0.4) is 0 Å². The molecule has 1 rings (SSSR count). The quantitative estimate of drug-likeness (QED) is 0.884. The van der Waals surface area contributed by atoms with Crippen molar-refractivity contribution in [3.05, 3.63) is 34.9 Å². The molecule has 0 aliphatic heterocycles. The smallest absolute Gasteiger partial charge is 0.416 e. The number of hydrogen-bond donors (Lipinski definition) is 1. The lowest BCUT2D eigenvalue weighted by Crippen LogP contribution is -2.12. The molecule has 0 saturated carbocycles. The standard InChI is InChI=1S/C12H13F3O2/c1-7(2)5-8-3-4-9(11(16)17)6-10(8)12(13,14)15/h3-4,6-7H,5H2,1-2H3,(H,16,17). The summed E-state index contributed by atoms with van der Waals surface area (Å²) >= 11 is 0. The average Bonchev–Trinajstić information content (AvgIpc) is 2.15. The molecule has 1 aromatic rings. The van der Waals surface area contributed by atoms with Crippen LogP contribution in [0.1, 0.15) is 35.3 Å². The van der Waals surface area contributed by atoms with E-state index in [4.69, 9.17) is 5.11 Å². The van der Waals surface area contributed by atoms with Gasteiger partial charge in [0.05, 0.1) is 11.1 Å². The molecule has 0 bridgehead atoms. The molecule has 0 heterocycles. The lowest BCUT2D eigenvalue weighted by Gasteiger charge is -2.15.